The van der Waals surface area contributed by atoms with Gasteiger partial charge in [-0.05, 0) is 19.8 Å². The molecular weight excluding hydrogens is 428 g/mol. The zero-order valence-corrected chi connectivity index (χ0v) is 17.3. The highest BCUT2D eigenvalue weighted by atomic mass is 32.1. The molecular formula is C20H19F2N5O3S. The van der Waals surface area contributed by atoms with Crippen LogP contribution in [-0.2, 0) is 0 Å². The van der Waals surface area contributed by atoms with Gasteiger partial charge in [0.25, 0.3) is 5.91 Å². The molecule has 0 saturated carbocycles. The first-order valence-electron chi connectivity index (χ1n) is 9.82. The number of piperazine rings is 1. The molecule has 162 valence electrons. The molecule has 2 N–H and O–H groups in total. The van der Waals surface area contributed by atoms with Gasteiger partial charge in [0.2, 0.25) is 0 Å². The quantitative estimate of drug-likeness (QED) is 0.641. The summed E-state index contributed by atoms with van der Waals surface area (Å²) in [6.07, 6.45) is 3.77. The maximum absolute atomic E-state index is 14.6. The van der Waals surface area contributed by atoms with E-state index in [9.17, 15) is 23.5 Å². The lowest BCUT2D eigenvalue weighted by molar-refractivity contribution is 0.102. The molecule has 2 saturated heterocycles. The van der Waals surface area contributed by atoms with Crippen LogP contribution in [0.1, 0.15) is 28.2 Å². The summed E-state index contributed by atoms with van der Waals surface area (Å²) in [6, 6.07) is 2.19. The zero-order valence-electron chi connectivity index (χ0n) is 16.5. The van der Waals surface area contributed by atoms with Crippen molar-refractivity contribution < 1.29 is 23.5 Å². The van der Waals surface area contributed by atoms with Crippen molar-refractivity contribution in [2.45, 2.75) is 31.8 Å². The molecule has 11 heteroatoms. The molecule has 2 aliphatic heterocycles. The molecule has 0 aromatic carbocycles. The lowest BCUT2D eigenvalue weighted by Gasteiger charge is -2.39. The van der Waals surface area contributed by atoms with E-state index < -0.39 is 23.6 Å². The Morgan fingerprint density at radius 3 is 2.55 bits per heavy atom. The van der Waals surface area contributed by atoms with Gasteiger partial charge in [-0.3, -0.25) is 9.69 Å². The molecule has 0 unspecified atom stereocenters. The standard InChI is InChI=1S/C20H19F2N5O3S/c1-10-6-26-7-11(4-15(22)18(26)23-10)24-19(28)17-14(21)5-16(31-17)25-8-12-2-3-13(9-25)27(12)20(29)30/h4-7,12-13H,2-3,8-9H2,1H3,(H,24,28)(H,29,30)/t12-,13+. The number of hydrogen-bond donors (Lipinski definition) is 2. The number of imidazole rings is 1. The minimum Gasteiger partial charge on any atom is -0.465 e. The molecule has 31 heavy (non-hydrogen) atoms. The maximum atomic E-state index is 14.6. The predicted molar refractivity (Wildman–Crippen MR) is 111 cm³/mol. The predicted octanol–water partition coefficient (Wildman–Crippen LogP) is 3.57. The molecule has 3 aromatic heterocycles. The van der Waals surface area contributed by atoms with E-state index in [1.807, 2.05) is 4.90 Å². The van der Waals surface area contributed by atoms with E-state index in [1.54, 1.807) is 13.1 Å². The summed E-state index contributed by atoms with van der Waals surface area (Å²) in [6.45, 7) is 2.66. The van der Waals surface area contributed by atoms with Gasteiger partial charge in [-0.25, -0.2) is 18.6 Å². The van der Waals surface area contributed by atoms with Gasteiger partial charge < -0.3 is 19.7 Å². The number of pyridine rings is 1. The number of halogens is 2. The highest BCUT2D eigenvalue weighted by Gasteiger charge is 2.43. The topological polar surface area (TPSA) is 90.2 Å². The van der Waals surface area contributed by atoms with Crippen LogP contribution in [0.25, 0.3) is 5.65 Å². The Morgan fingerprint density at radius 1 is 1.16 bits per heavy atom. The van der Waals surface area contributed by atoms with Crippen molar-refractivity contribution in [2.75, 3.05) is 23.3 Å². The van der Waals surface area contributed by atoms with Crippen molar-refractivity contribution in [3.63, 3.8) is 0 Å². The fourth-order valence-corrected chi connectivity index (χ4v) is 5.45. The van der Waals surface area contributed by atoms with Crippen LogP contribution in [0, 0.1) is 18.6 Å². The average Bonchev–Trinajstić information content (AvgIpc) is 3.35. The van der Waals surface area contributed by atoms with Gasteiger partial charge in [-0.2, -0.15) is 0 Å². The largest absolute Gasteiger partial charge is 0.465 e. The number of carboxylic acid groups (broad SMARTS) is 1. The fourth-order valence-electron chi connectivity index (χ4n) is 4.50. The summed E-state index contributed by atoms with van der Waals surface area (Å²) in [5.74, 6) is -1.92. The Balaban J connectivity index is 1.35. The highest BCUT2D eigenvalue weighted by Crippen LogP contribution is 2.37. The number of nitrogens with zero attached hydrogens (tertiary/aromatic N) is 4. The number of anilines is 2. The van der Waals surface area contributed by atoms with Crippen LogP contribution in [-0.4, -0.2) is 56.6 Å². The van der Waals surface area contributed by atoms with E-state index in [4.69, 9.17) is 0 Å². The number of thiophene rings is 1. The minimum absolute atomic E-state index is 0.106. The van der Waals surface area contributed by atoms with Crippen molar-refractivity contribution in [3.8, 4) is 0 Å². The third kappa shape index (κ3) is 3.38. The van der Waals surface area contributed by atoms with Crippen molar-refractivity contribution in [2.24, 2.45) is 0 Å². The van der Waals surface area contributed by atoms with E-state index in [2.05, 4.69) is 10.3 Å². The van der Waals surface area contributed by atoms with Crippen LogP contribution >= 0.6 is 11.3 Å². The molecule has 2 amide bonds. The third-order valence-corrected chi connectivity index (χ3v) is 6.95. The summed E-state index contributed by atoms with van der Waals surface area (Å²) in [5, 5.41) is 12.5. The Morgan fingerprint density at radius 2 is 1.87 bits per heavy atom. The summed E-state index contributed by atoms with van der Waals surface area (Å²) < 4.78 is 30.3. The van der Waals surface area contributed by atoms with Gasteiger partial charge >= 0.3 is 6.09 Å². The molecule has 2 bridgehead atoms. The van der Waals surface area contributed by atoms with Crippen LogP contribution in [0.2, 0.25) is 0 Å². The molecule has 2 aliphatic rings. The normalized spacial score (nSPS) is 20.5. The third-order valence-electron chi connectivity index (χ3n) is 5.78. The molecule has 5 rings (SSSR count). The lowest BCUT2D eigenvalue weighted by Crippen LogP contribution is -2.55. The first kappa shape index (κ1) is 19.7. The summed E-state index contributed by atoms with van der Waals surface area (Å²) in [7, 11) is 0. The Labute approximate surface area is 179 Å². The van der Waals surface area contributed by atoms with Crippen molar-refractivity contribution in [3.05, 3.63) is 46.7 Å². The van der Waals surface area contributed by atoms with E-state index in [-0.39, 0.29) is 28.3 Å². The molecule has 0 aliphatic carbocycles. The zero-order chi connectivity index (χ0) is 21.9. The second-order valence-corrected chi connectivity index (χ2v) is 8.92. The van der Waals surface area contributed by atoms with Crippen LogP contribution in [0.3, 0.4) is 0 Å². The van der Waals surface area contributed by atoms with Crippen molar-refractivity contribution in [1.29, 1.82) is 0 Å². The average molecular weight is 447 g/mol. The molecule has 2 fully saturated rings. The summed E-state index contributed by atoms with van der Waals surface area (Å²) in [5.41, 5.74) is 0.971. The number of carbonyl (C=O) groups excluding carboxylic acids is 1. The number of aryl methyl sites for hydroxylation is 1. The second kappa shape index (κ2) is 7.19. The molecule has 2 atom stereocenters. The number of hydrogen-bond acceptors (Lipinski definition) is 5. The van der Waals surface area contributed by atoms with E-state index in [0.29, 0.717) is 23.8 Å². The monoisotopic (exact) mass is 447 g/mol. The van der Waals surface area contributed by atoms with Crippen LogP contribution < -0.4 is 10.2 Å². The van der Waals surface area contributed by atoms with Crippen LogP contribution in [0.4, 0.5) is 24.3 Å². The van der Waals surface area contributed by atoms with Gasteiger partial charge in [0, 0.05) is 37.6 Å². The number of nitrogens with one attached hydrogen (secondary N) is 1. The molecule has 0 spiro atoms. The van der Waals surface area contributed by atoms with Gasteiger partial charge in [0.1, 0.15) is 10.7 Å². The van der Waals surface area contributed by atoms with Crippen molar-refractivity contribution >= 4 is 39.7 Å². The summed E-state index contributed by atoms with van der Waals surface area (Å²) in [4.78, 5) is 31.5. The smallest absolute Gasteiger partial charge is 0.407 e. The number of amides is 2. The minimum atomic E-state index is -0.929. The maximum Gasteiger partial charge on any atom is 0.407 e. The number of aromatic nitrogens is 2. The Kier molecular flexibility index (Phi) is 4.58. The first-order valence-corrected chi connectivity index (χ1v) is 10.6. The van der Waals surface area contributed by atoms with Crippen LogP contribution in [0.5, 0.6) is 0 Å². The van der Waals surface area contributed by atoms with E-state index in [1.165, 1.54) is 21.6 Å². The lowest BCUT2D eigenvalue weighted by atomic mass is 10.2. The number of rotatable bonds is 3. The Hall–Kier alpha value is -3.21. The van der Waals surface area contributed by atoms with E-state index >= 15 is 0 Å². The summed E-state index contributed by atoms with van der Waals surface area (Å²) >= 11 is 1.01. The number of fused-ring (bicyclic) bond motifs is 3. The molecule has 0 radical (unpaired) electrons. The molecule has 5 heterocycles. The molecule has 8 nitrogen and oxygen atoms in total. The van der Waals surface area contributed by atoms with Crippen molar-refractivity contribution in [1.82, 2.24) is 14.3 Å². The van der Waals surface area contributed by atoms with E-state index in [0.717, 1.165) is 30.2 Å². The fraction of sp³-hybridized carbons (Fsp3) is 0.350. The number of carbonyl (C=O) groups is 2. The van der Waals surface area contributed by atoms with Gasteiger partial charge in [0.05, 0.1) is 28.5 Å². The van der Waals surface area contributed by atoms with Gasteiger partial charge in [-0.1, -0.05) is 0 Å². The van der Waals surface area contributed by atoms with Gasteiger partial charge in [0.15, 0.2) is 11.5 Å². The SMILES string of the molecule is Cc1cn2cc(NC(=O)c3sc(N4C[C@H]5CC[C@@H](C4)N5C(=O)O)cc3F)cc(F)c2n1. The van der Waals surface area contributed by atoms with Crippen LogP contribution in [0.15, 0.2) is 24.5 Å². The van der Waals surface area contributed by atoms with Gasteiger partial charge in [-0.15, -0.1) is 11.3 Å². The molecule has 3 aromatic rings. The first-order chi connectivity index (χ1) is 14.8. The second-order valence-electron chi connectivity index (χ2n) is 7.89. The Bertz CT molecular complexity index is 1200. The highest BCUT2D eigenvalue weighted by molar-refractivity contribution is 7.18.